The van der Waals surface area contributed by atoms with Crippen molar-refractivity contribution < 1.29 is 24.2 Å². The summed E-state index contributed by atoms with van der Waals surface area (Å²) in [6.45, 7) is 4.93. The number of carboxylic acid groups (broad SMARTS) is 1. The molecule has 336 valence electrons. The van der Waals surface area contributed by atoms with Gasteiger partial charge in [-0.3, -0.25) is 9.59 Å². The van der Waals surface area contributed by atoms with Crippen LogP contribution in [0, 0.1) is 0 Å². The predicted octanol–water partition coefficient (Wildman–Crippen LogP) is 14.3. The molecule has 0 spiro atoms. The number of carboxylic acids is 1. The number of hydrogen-bond donors (Lipinski definition) is 3. The first-order valence-corrected chi connectivity index (χ1v) is 24.5. The minimum atomic E-state index is -1.01. The van der Waals surface area contributed by atoms with Gasteiger partial charge in [0.1, 0.15) is 12.1 Å². The number of ether oxygens (including phenoxy) is 1. The van der Waals surface area contributed by atoms with Crippen molar-refractivity contribution in [2.75, 3.05) is 6.54 Å². The van der Waals surface area contributed by atoms with Gasteiger partial charge in [0.05, 0.1) is 0 Å². The highest BCUT2D eigenvalue weighted by molar-refractivity contribution is 5.83. The Morgan fingerprint density at radius 1 is 0.500 bits per heavy atom. The van der Waals surface area contributed by atoms with Gasteiger partial charge in [0.25, 0.3) is 0 Å². The summed E-state index contributed by atoms with van der Waals surface area (Å²) in [6.07, 6.45) is 55.9. The fourth-order valence-electron chi connectivity index (χ4n) is 7.16. The Morgan fingerprint density at radius 3 is 1.43 bits per heavy atom. The van der Waals surface area contributed by atoms with Gasteiger partial charge in [-0.05, 0) is 116 Å². The molecule has 0 radical (unpaired) electrons. The van der Waals surface area contributed by atoms with Crippen LogP contribution in [-0.4, -0.2) is 41.6 Å². The fourth-order valence-corrected chi connectivity index (χ4v) is 7.16. The molecule has 0 heterocycles. The van der Waals surface area contributed by atoms with Gasteiger partial charge < -0.3 is 20.9 Å². The molecule has 0 aromatic carbocycles. The van der Waals surface area contributed by atoms with E-state index in [0.29, 0.717) is 32.2 Å². The molecule has 0 aliphatic heterocycles. The van der Waals surface area contributed by atoms with Crippen LogP contribution in [0.5, 0.6) is 0 Å². The molecule has 2 atom stereocenters. The van der Waals surface area contributed by atoms with Crippen molar-refractivity contribution in [1.82, 2.24) is 5.32 Å². The van der Waals surface area contributed by atoms with Gasteiger partial charge in [-0.15, -0.1) is 0 Å². The van der Waals surface area contributed by atoms with Crippen LogP contribution < -0.4 is 11.1 Å². The van der Waals surface area contributed by atoms with Crippen molar-refractivity contribution in [2.24, 2.45) is 5.73 Å². The van der Waals surface area contributed by atoms with Crippen molar-refractivity contribution in [1.29, 1.82) is 0 Å². The predicted molar refractivity (Wildman–Crippen MR) is 248 cm³/mol. The Kier molecular flexibility index (Phi) is 43.3. The lowest BCUT2D eigenvalue weighted by Gasteiger charge is -2.18. The molecular weight excluding hydrogens is 721 g/mol. The lowest BCUT2D eigenvalue weighted by atomic mass is 10.0. The smallest absolute Gasteiger partial charge is 0.326 e. The first-order valence-electron chi connectivity index (χ1n) is 24.5. The van der Waals surface area contributed by atoms with Crippen LogP contribution in [0.4, 0.5) is 0 Å². The van der Waals surface area contributed by atoms with Gasteiger partial charge in [0.2, 0.25) is 5.91 Å². The first-order chi connectivity index (χ1) is 28.4. The Labute approximate surface area is 358 Å². The van der Waals surface area contributed by atoms with E-state index in [0.717, 1.165) is 96.3 Å². The highest BCUT2D eigenvalue weighted by atomic mass is 16.5. The third-order valence-corrected chi connectivity index (χ3v) is 10.9. The Hall–Kier alpha value is -2.67. The second kappa shape index (κ2) is 45.4. The third-order valence-electron chi connectivity index (χ3n) is 10.9. The monoisotopic (exact) mass is 813 g/mol. The van der Waals surface area contributed by atoms with Crippen LogP contribution in [0.25, 0.3) is 0 Å². The number of unbranched alkanes of at least 4 members (excludes halogenated alkanes) is 22. The molecule has 2 unspecified atom stereocenters. The molecule has 0 aromatic rings. The zero-order valence-corrected chi connectivity index (χ0v) is 37.9. The van der Waals surface area contributed by atoms with E-state index >= 15 is 0 Å². The highest BCUT2D eigenvalue weighted by Gasteiger charge is 2.19. The molecule has 7 nitrogen and oxygen atoms in total. The van der Waals surface area contributed by atoms with E-state index in [-0.39, 0.29) is 18.0 Å². The van der Waals surface area contributed by atoms with Gasteiger partial charge in [-0.1, -0.05) is 165 Å². The average Bonchev–Trinajstić information content (AvgIpc) is 3.21. The number of aliphatic carboxylic acids is 1. The van der Waals surface area contributed by atoms with E-state index in [9.17, 15) is 19.5 Å². The second-order valence-corrected chi connectivity index (χ2v) is 16.5. The van der Waals surface area contributed by atoms with E-state index in [4.69, 9.17) is 10.5 Å². The number of esters is 1. The molecule has 0 aliphatic rings. The van der Waals surface area contributed by atoms with Gasteiger partial charge in [-0.25, -0.2) is 4.79 Å². The summed E-state index contributed by atoms with van der Waals surface area (Å²) in [6, 6.07) is -0.861. The van der Waals surface area contributed by atoms with Gasteiger partial charge >= 0.3 is 11.9 Å². The standard InChI is InChI=1S/C51H92N2O5/c1-3-5-7-9-11-13-15-16-17-18-19-20-21-22-23-24-26-28-30-35-39-45-50(55)58-47(41-36-32-29-27-25-14-12-10-8-6-4-2)42-37-33-31-34-38-44-49(54)53-48(51(56)57)43-40-46-52/h15-16,18-19,21-22,27,29,47-48H,3-14,17,20,23-26,28,30-46,52H2,1-2H3,(H,53,54)(H,56,57)/b16-15-,19-18-,22-21-,29-27-. The summed E-state index contributed by atoms with van der Waals surface area (Å²) < 4.78 is 6.04. The fraction of sp³-hybridized carbons (Fsp3) is 0.784. The van der Waals surface area contributed by atoms with E-state index in [2.05, 4.69) is 67.8 Å². The number of hydrogen-bond acceptors (Lipinski definition) is 5. The maximum absolute atomic E-state index is 12.8. The molecule has 0 aromatic heterocycles. The molecule has 0 bridgehead atoms. The Balaban J connectivity index is 4.28. The number of rotatable bonds is 44. The van der Waals surface area contributed by atoms with Crippen molar-refractivity contribution in [3.05, 3.63) is 48.6 Å². The minimum Gasteiger partial charge on any atom is -0.480 e. The number of nitrogens with one attached hydrogen (secondary N) is 1. The summed E-state index contributed by atoms with van der Waals surface area (Å²) in [5.74, 6) is -1.26. The summed E-state index contributed by atoms with van der Waals surface area (Å²) in [5, 5.41) is 12.0. The SMILES string of the molecule is CCCCCCC/C=C\C/C=C\C/C=C\CCCCCCCCC(=O)OC(CCC/C=C\CCCCCCCC)CCCCCCCC(=O)NC(CCCN)C(=O)O. The van der Waals surface area contributed by atoms with Crippen molar-refractivity contribution in [3.8, 4) is 0 Å². The highest BCUT2D eigenvalue weighted by Crippen LogP contribution is 2.18. The molecular formula is C51H92N2O5. The molecule has 4 N–H and O–H groups in total. The third kappa shape index (κ3) is 41.5. The maximum atomic E-state index is 12.8. The Morgan fingerprint density at radius 2 is 0.914 bits per heavy atom. The van der Waals surface area contributed by atoms with Gasteiger partial charge in [0, 0.05) is 12.8 Å². The normalized spacial score (nSPS) is 13.0. The van der Waals surface area contributed by atoms with Gasteiger partial charge in [0.15, 0.2) is 0 Å². The van der Waals surface area contributed by atoms with E-state index in [1.807, 2.05) is 0 Å². The number of allylic oxidation sites excluding steroid dienone is 8. The zero-order chi connectivity index (χ0) is 42.4. The summed E-state index contributed by atoms with van der Waals surface area (Å²) in [5.41, 5.74) is 5.49. The molecule has 7 heteroatoms. The molecule has 1 amide bonds. The molecule has 0 aliphatic carbocycles. The van der Waals surface area contributed by atoms with Crippen LogP contribution >= 0.6 is 0 Å². The molecule has 58 heavy (non-hydrogen) atoms. The first kappa shape index (κ1) is 55.3. The van der Waals surface area contributed by atoms with Crippen LogP contribution in [0.2, 0.25) is 0 Å². The quantitative estimate of drug-likeness (QED) is 0.0320. The summed E-state index contributed by atoms with van der Waals surface area (Å²) in [7, 11) is 0. The van der Waals surface area contributed by atoms with Crippen LogP contribution in [0.3, 0.4) is 0 Å². The van der Waals surface area contributed by atoms with Crippen molar-refractivity contribution >= 4 is 17.8 Å². The van der Waals surface area contributed by atoms with E-state index in [1.54, 1.807) is 0 Å². The number of carbonyl (C=O) groups excluding carboxylic acids is 2. The summed E-state index contributed by atoms with van der Waals surface area (Å²) >= 11 is 0. The largest absolute Gasteiger partial charge is 0.480 e. The zero-order valence-electron chi connectivity index (χ0n) is 37.9. The molecule has 0 rings (SSSR count). The topological polar surface area (TPSA) is 119 Å². The van der Waals surface area contributed by atoms with Crippen LogP contribution in [0.1, 0.15) is 239 Å². The average molecular weight is 813 g/mol. The number of carbonyl (C=O) groups is 3. The second-order valence-electron chi connectivity index (χ2n) is 16.5. The minimum absolute atomic E-state index is 0.0259. The van der Waals surface area contributed by atoms with Gasteiger partial charge in [-0.2, -0.15) is 0 Å². The lowest BCUT2D eigenvalue weighted by molar-refractivity contribution is -0.150. The Bertz CT molecular complexity index is 1050. The number of nitrogens with two attached hydrogens (primary N) is 1. The number of amides is 1. The van der Waals surface area contributed by atoms with Crippen LogP contribution in [0.15, 0.2) is 48.6 Å². The molecule has 0 fully saturated rings. The van der Waals surface area contributed by atoms with Crippen molar-refractivity contribution in [3.63, 3.8) is 0 Å². The molecule has 0 saturated carbocycles. The molecule has 0 saturated heterocycles. The maximum Gasteiger partial charge on any atom is 0.326 e. The summed E-state index contributed by atoms with van der Waals surface area (Å²) in [4.78, 5) is 36.5. The van der Waals surface area contributed by atoms with Crippen LogP contribution in [-0.2, 0) is 19.1 Å². The van der Waals surface area contributed by atoms with E-state index < -0.39 is 12.0 Å². The lowest BCUT2D eigenvalue weighted by Crippen LogP contribution is -2.40. The van der Waals surface area contributed by atoms with E-state index in [1.165, 1.54) is 103 Å². The van der Waals surface area contributed by atoms with Crippen molar-refractivity contribution in [2.45, 2.75) is 251 Å².